The average molecular weight is 351 g/mol. The molecule has 1 aliphatic rings. The number of aliphatic hydroxyl groups is 1. The molecular formula is C20H33NO4. The Morgan fingerprint density at radius 3 is 2.56 bits per heavy atom. The molecule has 2 atom stereocenters. The number of nitrogens with zero attached hydrogens (tertiary/aromatic N) is 1. The van der Waals surface area contributed by atoms with Crippen molar-refractivity contribution in [3.05, 3.63) is 29.8 Å². The summed E-state index contributed by atoms with van der Waals surface area (Å²) in [5.74, 6) is 0.855. The summed E-state index contributed by atoms with van der Waals surface area (Å²) < 4.78 is 16.7. The van der Waals surface area contributed by atoms with Crippen LogP contribution >= 0.6 is 0 Å². The molecule has 1 N–H and O–H groups in total. The summed E-state index contributed by atoms with van der Waals surface area (Å²) in [6, 6.07) is 8.08. The monoisotopic (exact) mass is 351 g/mol. The topological polar surface area (TPSA) is 51.2 Å². The third-order valence-electron chi connectivity index (χ3n) is 4.23. The van der Waals surface area contributed by atoms with Crippen molar-refractivity contribution in [1.82, 2.24) is 4.90 Å². The van der Waals surface area contributed by atoms with E-state index in [-0.39, 0.29) is 11.7 Å². The molecule has 5 heteroatoms. The normalized spacial score (nSPS) is 19.4. The molecule has 2 rings (SSSR count). The summed E-state index contributed by atoms with van der Waals surface area (Å²) in [7, 11) is 1.67. The number of hydrogen-bond acceptors (Lipinski definition) is 5. The molecule has 0 aliphatic carbocycles. The highest BCUT2D eigenvalue weighted by Gasteiger charge is 2.22. The van der Waals surface area contributed by atoms with Crippen LogP contribution in [-0.2, 0) is 16.0 Å². The summed E-state index contributed by atoms with van der Waals surface area (Å²) in [5, 5.41) is 10.4. The molecule has 0 bridgehead atoms. The Morgan fingerprint density at radius 1 is 1.28 bits per heavy atom. The standard InChI is InChI=1S/C20H33NO4/c1-20(2,3)25-15-17(22)13-21(14-19-6-5-11-24-19)12-16-7-9-18(23-4)10-8-16/h7-10,17,19,22H,5-6,11-15H2,1-4H3/t17-,19-/m1/s1. The van der Waals surface area contributed by atoms with E-state index in [0.29, 0.717) is 13.2 Å². The summed E-state index contributed by atoms with van der Waals surface area (Å²) in [5.41, 5.74) is 0.957. The van der Waals surface area contributed by atoms with Crippen LogP contribution in [0, 0.1) is 0 Å². The van der Waals surface area contributed by atoms with Gasteiger partial charge in [-0.05, 0) is 51.3 Å². The van der Waals surface area contributed by atoms with E-state index in [2.05, 4.69) is 17.0 Å². The Labute approximate surface area is 151 Å². The number of benzene rings is 1. The van der Waals surface area contributed by atoms with Crippen molar-refractivity contribution in [3.63, 3.8) is 0 Å². The first-order chi connectivity index (χ1) is 11.9. The van der Waals surface area contributed by atoms with E-state index in [1.165, 1.54) is 5.56 Å². The first kappa shape index (κ1) is 20.2. The van der Waals surface area contributed by atoms with Gasteiger partial charge in [0.15, 0.2) is 0 Å². The van der Waals surface area contributed by atoms with Crippen molar-refractivity contribution in [2.24, 2.45) is 0 Å². The third-order valence-corrected chi connectivity index (χ3v) is 4.23. The Hall–Kier alpha value is -1.14. The molecule has 1 aromatic carbocycles. The van der Waals surface area contributed by atoms with Gasteiger partial charge in [-0.15, -0.1) is 0 Å². The predicted molar refractivity (Wildman–Crippen MR) is 99.0 cm³/mol. The fraction of sp³-hybridized carbons (Fsp3) is 0.700. The number of ether oxygens (including phenoxy) is 3. The number of aliphatic hydroxyl groups excluding tert-OH is 1. The van der Waals surface area contributed by atoms with Crippen molar-refractivity contribution in [1.29, 1.82) is 0 Å². The molecule has 0 radical (unpaired) electrons. The molecule has 1 heterocycles. The molecule has 1 aliphatic heterocycles. The average Bonchev–Trinajstić information content (AvgIpc) is 3.06. The van der Waals surface area contributed by atoms with Gasteiger partial charge in [0.2, 0.25) is 0 Å². The molecule has 1 aromatic rings. The van der Waals surface area contributed by atoms with E-state index in [9.17, 15) is 5.11 Å². The number of hydrogen-bond donors (Lipinski definition) is 1. The highest BCUT2D eigenvalue weighted by atomic mass is 16.5. The molecular weight excluding hydrogens is 318 g/mol. The van der Waals surface area contributed by atoms with E-state index < -0.39 is 6.10 Å². The molecule has 0 unspecified atom stereocenters. The number of rotatable bonds is 9. The second kappa shape index (κ2) is 9.53. The van der Waals surface area contributed by atoms with E-state index in [4.69, 9.17) is 14.2 Å². The van der Waals surface area contributed by atoms with Crippen molar-refractivity contribution in [3.8, 4) is 5.75 Å². The molecule has 5 nitrogen and oxygen atoms in total. The van der Waals surface area contributed by atoms with Gasteiger partial charge in [-0.1, -0.05) is 12.1 Å². The van der Waals surface area contributed by atoms with Gasteiger partial charge in [0.05, 0.1) is 31.5 Å². The maximum atomic E-state index is 10.4. The summed E-state index contributed by atoms with van der Waals surface area (Å²) in [4.78, 5) is 2.26. The zero-order valence-electron chi connectivity index (χ0n) is 16.0. The van der Waals surface area contributed by atoms with Crippen molar-refractivity contribution in [2.75, 3.05) is 33.4 Å². The van der Waals surface area contributed by atoms with Crippen LogP contribution in [0.4, 0.5) is 0 Å². The van der Waals surface area contributed by atoms with E-state index in [1.807, 2.05) is 32.9 Å². The van der Waals surface area contributed by atoms with E-state index in [1.54, 1.807) is 7.11 Å². The van der Waals surface area contributed by atoms with Crippen LogP contribution in [0.5, 0.6) is 5.75 Å². The molecule has 0 saturated carbocycles. The minimum absolute atomic E-state index is 0.240. The molecule has 0 aromatic heterocycles. The van der Waals surface area contributed by atoms with Crippen LogP contribution in [0.3, 0.4) is 0 Å². The lowest BCUT2D eigenvalue weighted by Gasteiger charge is -2.29. The minimum atomic E-state index is -0.515. The lowest BCUT2D eigenvalue weighted by atomic mass is 10.1. The number of methoxy groups -OCH3 is 1. The first-order valence-electron chi connectivity index (χ1n) is 9.14. The van der Waals surface area contributed by atoms with Gasteiger partial charge >= 0.3 is 0 Å². The molecule has 25 heavy (non-hydrogen) atoms. The van der Waals surface area contributed by atoms with Crippen LogP contribution < -0.4 is 4.74 Å². The van der Waals surface area contributed by atoms with Crippen molar-refractivity contribution < 1.29 is 19.3 Å². The van der Waals surface area contributed by atoms with Gasteiger partial charge in [0.1, 0.15) is 5.75 Å². The summed E-state index contributed by atoms with van der Waals surface area (Å²) >= 11 is 0. The zero-order valence-corrected chi connectivity index (χ0v) is 16.0. The second-order valence-corrected chi connectivity index (χ2v) is 7.75. The minimum Gasteiger partial charge on any atom is -0.497 e. The zero-order chi connectivity index (χ0) is 18.3. The molecule has 1 saturated heterocycles. The van der Waals surface area contributed by atoms with Crippen LogP contribution in [0.1, 0.15) is 39.2 Å². The molecule has 1 fully saturated rings. The Kier molecular flexibility index (Phi) is 7.69. The lowest BCUT2D eigenvalue weighted by molar-refractivity contribution is -0.0594. The van der Waals surface area contributed by atoms with Crippen molar-refractivity contribution in [2.45, 2.75) is 58.0 Å². The first-order valence-corrected chi connectivity index (χ1v) is 9.14. The maximum absolute atomic E-state index is 10.4. The smallest absolute Gasteiger partial charge is 0.118 e. The highest BCUT2D eigenvalue weighted by molar-refractivity contribution is 5.27. The quantitative estimate of drug-likeness (QED) is 0.741. The SMILES string of the molecule is COc1ccc(CN(C[C@@H](O)COC(C)(C)C)C[C@H]2CCCO2)cc1. The van der Waals surface area contributed by atoms with Gasteiger partial charge in [-0.2, -0.15) is 0 Å². The predicted octanol–water partition coefficient (Wildman–Crippen LogP) is 2.85. The van der Waals surface area contributed by atoms with Gasteiger partial charge in [-0.3, -0.25) is 4.90 Å². The van der Waals surface area contributed by atoms with Crippen LogP contribution in [0.15, 0.2) is 24.3 Å². The largest absolute Gasteiger partial charge is 0.497 e. The molecule has 0 amide bonds. The second-order valence-electron chi connectivity index (χ2n) is 7.75. The van der Waals surface area contributed by atoms with E-state index >= 15 is 0 Å². The van der Waals surface area contributed by atoms with E-state index in [0.717, 1.165) is 38.3 Å². The van der Waals surface area contributed by atoms with Gasteiger partial charge in [0, 0.05) is 26.2 Å². The van der Waals surface area contributed by atoms with Crippen LogP contribution in [-0.4, -0.2) is 61.2 Å². The van der Waals surface area contributed by atoms with Crippen LogP contribution in [0.2, 0.25) is 0 Å². The third kappa shape index (κ3) is 7.74. The fourth-order valence-electron chi connectivity index (χ4n) is 2.97. The molecule has 142 valence electrons. The maximum Gasteiger partial charge on any atom is 0.118 e. The van der Waals surface area contributed by atoms with Gasteiger partial charge in [0.25, 0.3) is 0 Å². The van der Waals surface area contributed by atoms with Gasteiger partial charge < -0.3 is 19.3 Å². The lowest BCUT2D eigenvalue weighted by Crippen LogP contribution is -2.40. The highest BCUT2D eigenvalue weighted by Crippen LogP contribution is 2.17. The van der Waals surface area contributed by atoms with Gasteiger partial charge in [-0.25, -0.2) is 0 Å². The molecule has 0 spiro atoms. The Morgan fingerprint density at radius 2 is 2.00 bits per heavy atom. The summed E-state index contributed by atoms with van der Waals surface area (Å²) in [6.07, 6.45) is 1.96. The summed E-state index contributed by atoms with van der Waals surface area (Å²) in [6.45, 7) is 9.37. The Balaban J connectivity index is 1.93. The fourth-order valence-corrected chi connectivity index (χ4v) is 2.97. The Bertz CT molecular complexity index is 491. The van der Waals surface area contributed by atoms with Crippen LogP contribution in [0.25, 0.3) is 0 Å². The van der Waals surface area contributed by atoms with Crippen molar-refractivity contribution >= 4 is 0 Å².